The quantitative estimate of drug-likeness (QED) is 0.915. The van der Waals surface area contributed by atoms with Crippen LogP contribution in [0, 0.1) is 12.3 Å². The Bertz CT molecular complexity index is 626. The van der Waals surface area contributed by atoms with Crippen LogP contribution in [0.3, 0.4) is 0 Å². The number of carboxylic acid groups (broad SMARTS) is 1. The van der Waals surface area contributed by atoms with Crippen LogP contribution < -0.4 is 0 Å². The number of aromatic nitrogens is 2. The molecule has 0 atom stereocenters. The molecule has 0 fully saturated rings. The summed E-state index contributed by atoms with van der Waals surface area (Å²) in [6.45, 7) is 9.21. The van der Waals surface area contributed by atoms with Crippen molar-refractivity contribution in [3.05, 3.63) is 29.6 Å². The lowest BCUT2D eigenvalue weighted by molar-refractivity contribution is 0.0698. The van der Waals surface area contributed by atoms with E-state index in [-0.39, 0.29) is 5.41 Å². The summed E-state index contributed by atoms with van der Waals surface area (Å²) in [5.74, 6) is -0.0359. The van der Waals surface area contributed by atoms with Crippen LogP contribution in [0.5, 0.6) is 0 Å². The maximum absolute atomic E-state index is 11.4. The zero-order valence-corrected chi connectivity index (χ0v) is 11.9. The molecule has 1 heterocycles. The largest absolute Gasteiger partial charge is 0.478 e. The normalized spacial score (nSPS) is 12.0. The van der Waals surface area contributed by atoms with E-state index < -0.39 is 5.97 Å². The predicted molar refractivity (Wildman–Crippen MR) is 75.5 cm³/mol. The molecular weight excluding hydrogens is 240 g/mol. The highest BCUT2D eigenvalue weighted by Crippen LogP contribution is 2.28. The summed E-state index contributed by atoms with van der Waals surface area (Å²) in [5, 5.41) is 9.33. The van der Waals surface area contributed by atoms with E-state index >= 15 is 0 Å². The zero-order chi connectivity index (χ0) is 14.2. The fourth-order valence-corrected chi connectivity index (χ4v) is 2.21. The van der Waals surface area contributed by atoms with Crippen LogP contribution in [0.25, 0.3) is 11.0 Å². The minimum Gasteiger partial charge on any atom is -0.478 e. The Morgan fingerprint density at radius 1 is 1.42 bits per heavy atom. The second-order valence-corrected chi connectivity index (χ2v) is 5.74. The number of para-hydroxylation sites is 1. The van der Waals surface area contributed by atoms with Crippen molar-refractivity contribution in [1.82, 2.24) is 9.55 Å². The monoisotopic (exact) mass is 260 g/mol. The molecule has 1 N–H and O–H groups in total. The highest BCUT2D eigenvalue weighted by Gasteiger charge is 2.21. The summed E-state index contributed by atoms with van der Waals surface area (Å²) in [6.07, 6.45) is 1.03. The van der Waals surface area contributed by atoms with Crippen molar-refractivity contribution in [2.75, 3.05) is 0 Å². The minimum absolute atomic E-state index is 0.115. The molecule has 0 radical (unpaired) electrons. The minimum atomic E-state index is -0.902. The van der Waals surface area contributed by atoms with E-state index in [0.29, 0.717) is 5.56 Å². The number of rotatable bonds is 4. The van der Waals surface area contributed by atoms with Crippen LogP contribution in [0.4, 0.5) is 0 Å². The van der Waals surface area contributed by atoms with Gasteiger partial charge in [0.1, 0.15) is 5.82 Å². The van der Waals surface area contributed by atoms with E-state index in [1.165, 1.54) is 0 Å². The molecule has 4 heteroatoms. The van der Waals surface area contributed by atoms with Crippen molar-refractivity contribution in [2.45, 2.75) is 40.7 Å². The fourth-order valence-electron chi connectivity index (χ4n) is 2.21. The van der Waals surface area contributed by atoms with Crippen molar-refractivity contribution in [2.24, 2.45) is 5.41 Å². The summed E-state index contributed by atoms with van der Waals surface area (Å²) >= 11 is 0. The molecule has 0 saturated heterocycles. The van der Waals surface area contributed by atoms with Gasteiger partial charge in [0.25, 0.3) is 0 Å². The number of aromatic carboxylic acids is 1. The molecule has 0 spiro atoms. The summed E-state index contributed by atoms with van der Waals surface area (Å²) < 4.78 is 2.03. The molecule has 1 aromatic heterocycles. The smallest absolute Gasteiger partial charge is 0.337 e. The number of carboxylic acids is 1. The number of fused-ring (bicyclic) bond motifs is 1. The van der Waals surface area contributed by atoms with Gasteiger partial charge < -0.3 is 9.67 Å². The molecule has 2 aromatic rings. The molecule has 0 amide bonds. The highest BCUT2D eigenvalue weighted by molar-refractivity contribution is 6.01. The number of nitrogens with zero attached hydrogens (tertiary/aromatic N) is 2. The summed E-state index contributed by atoms with van der Waals surface area (Å²) in [4.78, 5) is 15.8. The van der Waals surface area contributed by atoms with Crippen LogP contribution in [-0.2, 0) is 6.54 Å². The van der Waals surface area contributed by atoms with Gasteiger partial charge in [0.2, 0.25) is 0 Å². The van der Waals surface area contributed by atoms with Gasteiger partial charge in [0.05, 0.1) is 16.6 Å². The maximum atomic E-state index is 11.4. The fraction of sp³-hybridized carbons (Fsp3) is 0.467. The van der Waals surface area contributed by atoms with Gasteiger partial charge in [0, 0.05) is 6.54 Å². The second kappa shape index (κ2) is 4.68. The lowest BCUT2D eigenvalue weighted by Gasteiger charge is -2.24. The van der Waals surface area contributed by atoms with Crippen LogP contribution in [-0.4, -0.2) is 20.6 Å². The number of aryl methyl sites for hydroxylation is 1. The molecule has 1 aromatic carbocycles. The van der Waals surface area contributed by atoms with Crippen molar-refractivity contribution >= 4 is 17.0 Å². The lowest BCUT2D eigenvalue weighted by Crippen LogP contribution is -2.20. The number of hydrogen-bond acceptors (Lipinski definition) is 2. The first-order valence-electron chi connectivity index (χ1n) is 6.55. The summed E-state index contributed by atoms with van der Waals surface area (Å²) in [7, 11) is 0. The van der Waals surface area contributed by atoms with Crippen LogP contribution in [0.15, 0.2) is 18.2 Å². The SMILES string of the molecule is CCC(C)(C)Cn1c(C)nc2cccc(C(=O)O)c21. The number of carbonyl (C=O) groups is 1. The van der Waals surface area contributed by atoms with Crippen molar-refractivity contribution in [3.63, 3.8) is 0 Å². The van der Waals surface area contributed by atoms with Crippen LogP contribution in [0.2, 0.25) is 0 Å². The summed E-state index contributed by atoms with van der Waals surface area (Å²) in [6, 6.07) is 5.25. The van der Waals surface area contributed by atoms with Crippen molar-refractivity contribution in [3.8, 4) is 0 Å². The van der Waals surface area contributed by atoms with Gasteiger partial charge in [-0.3, -0.25) is 0 Å². The number of hydrogen-bond donors (Lipinski definition) is 1. The van der Waals surface area contributed by atoms with Crippen LogP contribution >= 0.6 is 0 Å². The van der Waals surface area contributed by atoms with Gasteiger partial charge in [-0.25, -0.2) is 9.78 Å². The molecule has 0 saturated carbocycles. The first-order valence-corrected chi connectivity index (χ1v) is 6.55. The van der Waals surface area contributed by atoms with E-state index in [1.807, 2.05) is 17.6 Å². The molecule has 0 aliphatic carbocycles. The Kier molecular flexibility index (Phi) is 3.35. The van der Waals surface area contributed by atoms with E-state index in [2.05, 4.69) is 25.8 Å². The third-order valence-electron chi connectivity index (χ3n) is 3.73. The van der Waals surface area contributed by atoms with E-state index in [9.17, 15) is 9.90 Å². The Hall–Kier alpha value is -1.84. The zero-order valence-electron chi connectivity index (χ0n) is 11.9. The van der Waals surface area contributed by atoms with Gasteiger partial charge in [-0.2, -0.15) is 0 Å². The maximum Gasteiger partial charge on any atom is 0.337 e. The van der Waals surface area contributed by atoms with Gasteiger partial charge in [-0.1, -0.05) is 26.8 Å². The number of imidazole rings is 1. The third kappa shape index (κ3) is 2.48. The molecular formula is C15H20N2O2. The van der Waals surface area contributed by atoms with Crippen molar-refractivity contribution in [1.29, 1.82) is 0 Å². The van der Waals surface area contributed by atoms with E-state index in [0.717, 1.165) is 29.8 Å². The van der Waals surface area contributed by atoms with Crippen molar-refractivity contribution < 1.29 is 9.90 Å². The van der Waals surface area contributed by atoms with Gasteiger partial charge in [-0.15, -0.1) is 0 Å². The average molecular weight is 260 g/mol. The van der Waals surface area contributed by atoms with E-state index in [4.69, 9.17) is 0 Å². The van der Waals surface area contributed by atoms with Gasteiger partial charge in [0.15, 0.2) is 0 Å². The Labute approximate surface area is 113 Å². The summed E-state index contributed by atoms with van der Waals surface area (Å²) in [5.41, 5.74) is 1.92. The van der Waals surface area contributed by atoms with Crippen LogP contribution in [0.1, 0.15) is 43.4 Å². The second-order valence-electron chi connectivity index (χ2n) is 5.74. The molecule has 2 rings (SSSR count). The molecule has 0 unspecified atom stereocenters. The van der Waals surface area contributed by atoms with Gasteiger partial charge in [-0.05, 0) is 30.9 Å². The first kappa shape index (κ1) is 13.6. The molecule has 0 aliphatic rings. The Morgan fingerprint density at radius 2 is 2.11 bits per heavy atom. The molecule has 0 aliphatic heterocycles. The topological polar surface area (TPSA) is 55.1 Å². The molecule has 0 bridgehead atoms. The highest BCUT2D eigenvalue weighted by atomic mass is 16.4. The average Bonchev–Trinajstić information content (AvgIpc) is 2.65. The predicted octanol–water partition coefficient (Wildman–Crippen LogP) is 3.48. The standard InChI is InChI=1S/C15H20N2O2/c1-5-15(3,4)9-17-10(2)16-12-8-6-7-11(13(12)17)14(18)19/h6-8H,5,9H2,1-4H3,(H,18,19). The third-order valence-corrected chi connectivity index (χ3v) is 3.73. The molecule has 19 heavy (non-hydrogen) atoms. The molecule has 4 nitrogen and oxygen atoms in total. The van der Waals surface area contributed by atoms with Gasteiger partial charge >= 0.3 is 5.97 Å². The number of benzene rings is 1. The molecule has 102 valence electrons. The van der Waals surface area contributed by atoms with E-state index in [1.54, 1.807) is 12.1 Å². The first-order chi connectivity index (χ1) is 8.85. The lowest BCUT2D eigenvalue weighted by atomic mass is 9.90. The Morgan fingerprint density at radius 3 is 2.68 bits per heavy atom. The Balaban J connectivity index is 2.66.